The van der Waals surface area contributed by atoms with Crippen molar-refractivity contribution in [3.63, 3.8) is 0 Å². The minimum atomic E-state index is -4.55. The standard InChI is InChI=1S/C16H22F3NO/c17-16(18,19)15(21)12-20(14-9-5-2-6-10-14)11-13-7-3-1-4-8-13/h1,3-4,7-8,14-15,21H,2,5-6,9-12H2. The number of hydrogen-bond acceptors (Lipinski definition) is 2. The summed E-state index contributed by atoms with van der Waals surface area (Å²) >= 11 is 0. The van der Waals surface area contributed by atoms with E-state index in [1.807, 2.05) is 30.3 Å². The molecule has 1 unspecified atom stereocenters. The molecule has 1 fully saturated rings. The van der Waals surface area contributed by atoms with E-state index in [9.17, 15) is 18.3 Å². The van der Waals surface area contributed by atoms with E-state index in [4.69, 9.17) is 0 Å². The molecule has 1 aliphatic rings. The fourth-order valence-corrected chi connectivity index (χ4v) is 2.93. The van der Waals surface area contributed by atoms with Gasteiger partial charge in [-0.05, 0) is 18.4 Å². The Morgan fingerprint density at radius 2 is 1.71 bits per heavy atom. The van der Waals surface area contributed by atoms with Crippen molar-refractivity contribution in [2.75, 3.05) is 6.54 Å². The Kier molecular flexibility index (Phi) is 5.65. The van der Waals surface area contributed by atoms with Gasteiger partial charge in [-0.1, -0.05) is 49.6 Å². The number of hydrogen-bond donors (Lipinski definition) is 1. The fraction of sp³-hybridized carbons (Fsp3) is 0.625. The third-order valence-electron chi connectivity index (χ3n) is 4.10. The Balaban J connectivity index is 2.06. The van der Waals surface area contributed by atoms with E-state index in [0.717, 1.165) is 37.7 Å². The molecule has 2 rings (SSSR count). The number of rotatable bonds is 5. The van der Waals surface area contributed by atoms with Gasteiger partial charge in [0.25, 0.3) is 0 Å². The first-order chi connectivity index (χ1) is 9.97. The molecule has 1 N–H and O–H groups in total. The number of benzene rings is 1. The van der Waals surface area contributed by atoms with Crippen molar-refractivity contribution in [1.29, 1.82) is 0 Å². The highest BCUT2D eigenvalue weighted by atomic mass is 19.4. The first kappa shape index (κ1) is 16.3. The molecule has 0 spiro atoms. The minimum absolute atomic E-state index is 0.135. The molecule has 0 bridgehead atoms. The van der Waals surface area contributed by atoms with Gasteiger partial charge < -0.3 is 5.11 Å². The van der Waals surface area contributed by atoms with Crippen molar-refractivity contribution >= 4 is 0 Å². The first-order valence-corrected chi connectivity index (χ1v) is 7.49. The average molecular weight is 301 g/mol. The quantitative estimate of drug-likeness (QED) is 0.895. The van der Waals surface area contributed by atoms with Gasteiger partial charge in [-0.15, -0.1) is 0 Å². The van der Waals surface area contributed by atoms with Crippen molar-refractivity contribution in [2.45, 2.75) is 57.0 Å². The summed E-state index contributed by atoms with van der Waals surface area (Å²) in [6, 6.07) is 9.62. The van der Waals surface area contributed by atoms with E-state index < -0.39 is 12.3 Å². The van der Waals surface area contributed by atoms with Crippen molar-refractivity contribution in [2.24, 2.45) is 0 Å². The highest BCUT2D eigenvalue weighted by Gasteiger charge is 2.40. The Hall–Kier alpha value is -1.07. The molecule has 0 aromatic heterocycles. The van der Waals surface area contributed by atoms with Gasteiger partial charge in [0.05, 0.1) is 0 Å². The van der Waals surface area contributed by atoms with Gasteiger partial charge in [-0.2, -0.15) is 13.2 Å². The lowest BCUT2D eigenvalue weighted by molar-refractivity contribution is -0.210. The summed E-state index contributed by atoms with van der Waals surface area (Å²) in [6.07, 6.45) is -1.74. The largest absolute Gasteiger partial charge is 0.415 e. The molecule has 2 nitrogen and oxygen atoms in total. The maximum Gasteiger partial charge on any atom is 0.415 e. The summed E-state index contributed by atoms with van der Waals surface area (Å²) in [5, 5.41) is 9.40. The number of halogens is 3. The number of nitrogens with zero attached hydrogens (tertiary/aromatic N) is 1. The second-order valence-electron chi connectivity index (χ2n) is 5.76. The Morgan fingerprint density at radius 3 is 2.29 bits per heavy atom. The number of aliphatic hydroxyl groups excluding tert-OH is 1. The third kappa shape index (κ3) is 5.00. The van der Waals surface area contributed by atoms with Crippen molar-refractivity contribution in [3.05, 3.63) is 35.9 Å². The summed E-state index contributed by atoms with van der Waals surface area (Å²) < 4.78 is 37.9. The van der Waals surface area contributed by atoms with Gasteiger partial charge in [0.1, 0.15) is 0 Å². The first-order valence-electron chi connectivity index (χ1n) is 7.49. The Morgan fingerprint density at radius 1 is 1.10 bits per heavy atom. The maximum absolute atomic E-state index is 12.6. The summed E-state index contributed by atoms with van der Waals surface area (Å²) in [5.41, 5.74) is 0.984. The molecule has 5 heteroatoms. The predicted octanol–water partition coefficient (Wildman–Crippen LogP) is 3.74. The number of alkyl halides is 3. The molecule has 1 aromatic carbocycles. The van der Waals surface area contributed by atoms with Crippen LogP contribution in [0.5, 0.6) is 0 Å². The van der Waals surface area contributed by atoms with Gasteiger partial charge in [-0.3, -0.25) is 4.90 Å². The van der Waals surface area contributed by atoms with E-state index in [1.54, 1.807) is 4.90 Å². The van der Waals surface area contributed by atoms with Crippen LogP contribution in [0.15, 0.2) is 30.3 Å². The zero-order chi connectivity index (χ0) is 15.3. The Bertz CT molecular complexity index is 415. The molecule has 0 saturated heterocycles. The lowest BCUT2D eigenvalue weighted by atomic mass is 9.93. The summed E-state index contributed by atoms with van der Waals surface area (Å²) in [6.45, 7) is 0.113. The molecule has 1 aliphatic carbocycles. The van der Waals surface area contributed by atoms with Crippen LogP contribution >= 0.6 is 0 Å². The summed E-state index contributed by atoms with van der Waals surface area (Å²) in [4.78, 5) is 1.80. The fourth-order valence-electron chi connectivity index (χ4n) is 2.93. The van der Waals surface area contributed by atoms with Crippen molar-refractivity contribution in [1.82, 2.24) is 4.90 Å². The second-order valence-corrected chi connectivity index (χ2v) is 5.76. The molecule has 0 aliphatic heterocycles. The van der Waals surface area contributed by atoms with Gasteiger partial charge in [0, 0.05) is 19.1 Å². The smallest absolute Gasteiger partial charge is 0.382 e. The molecular weight excluding hydrogens is 279 g/mol. The van der Waals surface area contributed by atoms with Crippen LogP contribution in [0, 0.1) is 0 Å². The van der Waals surface area contributed by atoms with E-state index in [-0.39, 0.29) is 12.6 Å². The van der Waals surface area contributed by atoms with Gasteiger partial charge in [0.15, 0.2) is 6.10 Å². The van der Waals surface area contributed by atoms with Crippen LogP contribution in [0.2, 0.25) is 0 Å². The maximum atomic E-state index is 12.6. The molecule has 21 heavy (non-hydrogen) atoms. The van der Waals surface area contributed by atoms with Crippen LogP contribution in [0.4, 0.5) is 13.2 Å². The topological polar surface area (TPSA) is 23.5 Å². The third-order valence-corrected chi connectivity index (χ3v) is 4.10. The number of aliphatic hydroxyl groups is 1. The lowest BCUT2D eigenvalue weighted by Gasteiger charge is -2.36. The van der Waals surface area contributed by atoms with Crippen LogP contribution in [0.1, 0.15) is 37.7 Å². The van der Waals surface area contributed by atoms with E-state index in [1.165, 1.54) is 0 Å². The van der Waals surface area contributed by atoms with Crippen molar-refractivity contribution in [3.8, 4) is 0 Å². The van der Waals surface area contributed by atoms with E-state index in [0.29, 0.717) is 6.54 Å². The normalized spacial score (nSPS) is 18.9. The summed E-state index contributed by atoms with van der Waals surface area (Å²) in [7, 11) is 0. The van der Waals surface area contributed by atoms with Crippen LogP contribution in [-0.4, -0.2) is 34.9 Å². The lowest BCUT2D eigenvalue weighted by Crippen LogP contribution is -2.45. The van der Waals surface area contributed by atoms with E-state index in [2.05, 4.69) is 0 Å². The highest BCUT2D eigenvalue weighted by molar-refractivity contribution is 5.14. The van der Waals surface area contributed by atoms with Crippen LogP contribution < -0.4 is 0 Å². The predicted molar refractivity (Wildman–Crippen MR) is 75.8 cm³/mol. The average Bonchev–Trinajstić information content (AvgIpc) is 2.47. The monoisotopic (exact) mass is 301 g/mol. The van der Waals surface area contributed by atoms with Crippen LogP contribution in [0.3, 0.4) is 0 Å². The zero-order valence-corrected chi connectivity index (χ0v) is 12.0. The molecule has 1 aromatic rings. The summed E-state index contributed by atoms with van der Waals surface area (Å²) in [5.74, 6) is 0. The van der Waals surface area contributed by atoms with Gasteiger partial charge in [0.2, 0.25) is 0 Å². The van der Waals surface area contributed by atoms with Gasteiger partial charge >= 0.3 is 6.18 Å². The van der Waals surface area contributed by atoms with Gasteiger partial charge in [-0.25, -0.2) is 0 Å². The van der Waals surface area contributed by atoms with E-state index >= 15 is 0 Å². The zero-order valence-electron chi connectivity index (χ0n) is 12.0. The molecular formula is C16H22F3NO. The second kappa shape index (κ2) is 7.27. The van der Waals surface area contributed by atoms with Crippen LogP contribution in [-0.2, 0) is 6.54 Å². The highest BCUT2D eigenvalue weighted by Crippen LogP contribution is 2.27. The molecule has 1 saturated carbocycles. The molecule has 0 heterocycles. The molecule has 0 amide bonds. The molecule has 0 radical (unpaired) electrons. The molecule has 118 valence electrons. The minimum Gasteiger partial charge on any atom is -0.382 e. The van der Waals surface area contributed by atoms with Crippen LogP contribution in [0.25, 0.3) is 0 Å². The Labute approximate surface area is 123 Å². The molecule has 1 atom stereocenters. The van der Waals surface area contributed by atoms with Crippen molar-refractivity contribution < 1.29 is 18.3 Å². The SMILES string of the molecule is OC(CN(Cc1ccccc1)C1CCCCC1)C(F)(F)F.